The lowest BCUT2D eigenvalue weighted by Gasteiger charge is -2.35. The first kappa shape index (κ1) is 18.8. The number of hydrogen-bond acceptors (Lipinski definition) is 4. The number of nitrogens with one attached hydrogen (secondary N) is 1. The van der Waals surface area contributed by atoms with Crippen LogP contribution in [0.25, 0.3) is 0 Å². The second-order valence-electron chi connectivity index (χ2n) is 7.91. The topological polar surface area (TPSA) is 44.8 Å². The van der Waals surface area contributed by atoms with Gasteiger partial charge in [-0.1, -0.05) is 6.07 Å². The first-order valence-electron chi connectivity index (χ1n) is 10.2. The number of carbonyl (C=O) groups excluding carboxylic acids is 1. The molecule has 1 N–H and O–H groups in total. The van der Waals surface area contributed by atoms with E-state index in [4.69, 9.17) is 4.74 Å². The number of fused-ring (bicyclic) bond motifs is 1. The molecular formula is C23H29N3O2. The minimum absolute atomic E-state index is 0.0258. The van der Waals surface area contributed by atoms with E-state index in [1.807, 2.05) is 18.2 Å². The van der Waals surface area contributed by atoms with Crippen LogP contribution in [0.4, 0.5) is 11.4 Å². The fraction of sp³-hybridized carbons (Fsp3) is 0.435. The molecule has 5 heteroatoms. The van der Waals surface area contributed by atoms with E-state index in [1.54, 1.807) is 0 Å². The van der Waals surface area contributed by atoms with E-state index < -0.39 is 0 Å². The number of rotatable bonds is 5. The second-order valence-corrected chi connectivity index (χ2v) is 7.91. The van der Waals surface area contributed by atoms with Crippen molar-refractivity contribution < 1.29 is 9.53 Å². The molecular weight excluding hydrogens is 350 g/mol. The molecule has 1 aliphatic carbocycles. The van der Waals surface area contributed by atoms with E-state index in [2.05, 4.69) is 47.3 Å². The van der Waals surface area contributed by atoms with E-state index in [9.17, 15) is 4.79 Å². The second kappa shape index (κ2) is 8.23. The number of nitrogens with zero attached hydrogens (tertiary/aromatic N) is 2. The van der Waals surface area contributed by atoms with Gasteiger partial charge in [0.25, 0.3) is 5.91 Å². The van der Waals surface area contributed by atoms with E-state index >= 15 is 0 Å². The van der Waals surface area contributed by atoms with Gasteiger partial charge in [-0.3, -0.25) is 4.79 Å². The van der Waals surface area contributed by atoms with Crippen LogP contribution in [-0.2, 0) is 17.6 Å². The molecule has 0 spiro atoms. The highest BCUT2D eigenvalue weighted by molar-refractivity contribution is 5.92. The van der Waals surface area contributed by atoms with Crippen LogP contribution in [0.15, 0.2) is 36.4 Å². The Hall–Kier alpha value is -2.53. The molecule has 148 valence electrons. The van der Waals surface area contributed by atoms with Gasteiger partial charge in [0, 0.05) is 37.6 Å². The molecule has 0 atom stereocenters. The molecule has 0 aromatic heterocycles. The number of anilines is 2. The third kappa shape index (κ3) is 4.30. The van der Waals surface area contributed by atoms with E-state index in [0.29, 0.717) is 0 Å². The summed E-state index contributed by atoms with van der Waals surface area (Å²) in [6, 6.07) is 12.3. The smallest absolute Gasteiger partial charge is 0.262 e. The van der Waals surface area contributed by atoms with Gasteiger partial charge in [-0.15, -0.1) is 0 Å². The van der Waals surface area contributed by atoms with Crippen LogP contribution in [0.1, 0.15) is 23.1 Å². The molecule has 1 fully saturated rings. The third-order valence-electron chi connectivity index (χ3n) is 5.76. The van der Waals surface area contributed by atoms with Crippen molar-refractivity contribution in [3.63, 3.8) is 0 Å². The third-order valence-corrected chi connectivity index (χ3v) is 5.76. The number of hydrogen-bond donors (Lipinski definition) is 1. The van der Waals surface area contributed by atoms with Gasteiger partial charge in [0.15, 0.2) is 6.61 Å². The first-order valence-corrected chi connectivity index (χ1v) is 10.2. The minimum Gasteiger partial charge on any atom is -0.484 e. The molecule has 1 amide bonds. The fourth-order valence-electron chi connectivity index (χ4n) is 4.12. The van der Waals surface area contributed by atoms with Crippen LogP contribution in [0.5, 0.6) is 5.75 Å². The number of aryl methyl sites for hydroxylation is 3. The number of piperazine rings is 1. The lowest BCUT2D eigenvalue weighted by molar-refractivity contribution is -0.118. The Labute approximate surface area is 167 Å². The lowest BCUT2D eigenvalue weighted by Crippen LogP contribution is -2.44. The Morgan fingerprint density at radius 1 is 1.04 bits per heavy atom. The molecule has 2 aromatic rings. The molecule has 2 aromatic carbocycles. The molecule has 0 radical (unpaired) electrons. The van der Waals surface area contributed by atoms with E-state index in [-0.39, 0.29) is 12.5 Å². The van der Waals surface area contributed by atoms with E-state index in [1.165, 1.54) is 28.8 Å². The maximum absolute atomic E-state index is 12.3. The molecule has 0 bridgehead atoms. The Bertz CT molecular complexity index is 857. The molecule has 1 heterocycles. The van der Waals surface area contributed by atoms with Gasteiger partial charge in [-0.2, -0.15) is 0 Å². The first-order chi connectivity index (χ1) is 13.6. The van der Waals surface area contributed by atoms with Crippen LogP contribution in [0, 0.1) is 6.92 Å². The zero-order valence-corrected chi connectivity index (χ0v) is 16.8. The van der Waals surface area contributed by atoms with Gasteiger partial charge in [0.2, 0.25) is 0 Å². The lowest BCUT2D eigenvalue weighted by atomic mass is 10.1. The summed E-state index contributed by atoms with van der Waals surface area (Å²) >= 11 is 0. The van der Waals surface area contributed by atoms with Gasteiger partial charge in [0.1, 0.15) is 5.75 Å². The maximum Gasteiger partial charge on any atom is 0.262 e. The van der Waals surface area contributed by atoms with Crippen molar-refractivity contribution in [1.82, 2.24) is 4.90 Å². The molecule has 4 rings (SSSR count). The van der Waals surface area contributed by atoms with Gasteiger partial charge in [-0.25, -0.2) is 0 Å². The average molecular weight is 380 g/mol. The zero-order valence-electron chi connectivity index (χ0n) is 16.8. The van der Waals surface area contributed by atoms with Crippen molar-refractivity contribution in [2.24, 2.45) is 0 Å². The van der Waals surface area contributed by atoms with Crippen LogP contribution in [0.2, 0.25) is 0 Å². The van der Waals surface area contributed by atoms with Crippen molar-refractivity contribution in [2.75, 3.05) is 50.1 Å². The van der Waals surface area contributed by atoms with Crippen molar-refractivity contribution in [1.29, 1.82) is 0 Å². The SMILES string of the molecule is Cc1cc(NC(=O)COc2ccc3c(c2)CCC3)ccc1N1CCN(C)CC1. The van der Waals surface area contributed by atoms with E-state index in [0.717, 1.165) is 50.5 Å². The average Bonchev–Trinajstić information content (AvgIpc) is 3.15. The molecule has 0 unspecified atom stereocenters. The number of benzene rings is 2. The fourth-order valence-corrected chi connectivity index (χ4v) is 4.12. The Balaban J connectivity index is 1.32. The van der Waals surface area contributed by atoms with Gasteiger partial charge in [-0.05, 0) is 80.3 Å². The standard InChI is InChI=1S/C23H29N3O2/c1-17-14-20(7-9-22(17)26-12-10-25(2)11-13-26)24-23(27)16-28-21-8-6-18-4-3-5-19(18)15-21/h6-9,14-15H,3-5,10-13,16H2,1-2H3,(H,24,27). The largest absolute Gasteiger partial charge is 0.484 e. The summed E-state index contributed by atoms with van der Waals surface area (Å²) in [4.78, 5) is 17.1. The van der Waals surface area contributed by atoms with Crippen LogP contribution in [0.3, 0.4) is 0 Å². The molecule has 2 aliphatic rings. The quantitative estimate of drug-likeness (QED) is 0.866. The predicted molar refractivity (Wildman–Crippen MR) is 113 cm³/mol. The highest BCUT2D eigenvalue weighted by atomic mass is 16.5. The Morgan fingerprint density at radius 2 is 1.82 bits per heavy atom. The van der Waals surface area contributed by atoms with Crippen molar-refractivity contribution >= 4 is 17.3 Å². The van der Waals surface area contributed by atoms with Crippen LogP contribution in [-0.4, -0.2) is 50.6 Å². The highest BCUT2D eigenvalue weighted by Crippen LogP contribution is 2.26. The summed E-state index contributed by atoms with van der Waals surface area (Å²) in [5, 5.41) is 2.95. The van der Waals surface area contributed by atoms with Crippen LogP contribution < -0.4 is 15.0 Å². The Kier molecular flexibility index (Phi) is 5.53. The molecule has 1 aliphatic heterocycles. The summed E-state index contributed by atoms with van der Waals surface area (Å²) < 4.78 is 5.70. The molecule has 0 saturated carbocycles. The molecule has 28 heavy (non-hydrogen) atoms. The van der Waals surface area contributed by atoms with Crippen LogP contribution >= 0.6 is 0 Å². The summed E-state index contributed by atoms with van der Waals surface area (Å²) in [5.74, 6) is 0.643. The maximum atomic E-state index is 12.3. The van der Waals surface area contributed by atoms with Gasteiger partial charge >= 0.3 is 0 Å². The number of carbonyl (C=O) groups is 1. The minimum atomic E-state index is -0.132. The Morgan fingerprint density at radius 3 is 2.61 bits per heavy atom. The number of ether oxygens (including phenoxy) is 1. The number of amides is 1. The van der Waals surface area contributed by atoms with Gasteiger partial charge in [0.05, 0.1) is 0 Å². The predicted octanol–water partition coefficient (Wildman–Crippen LogP) is 3.25. The highest BCUT2D eigenvalue weighted by Gasteiger charge is 2.16. The summed E-state index contributed by atoms with van der Waals surface area (Å²) in [7, 11) is 2.16. The van der Waals surface area contributed by atoms with Gasteiger partial charge < -0.3 is 19.9 Å². The summed E-state index contributed by atoms with van der Waals surface area (Å²) in [6.45, 7) is 6.37. The molecule has 5 nitrogen and oxygen atoms in total. The van der Waals surface area contributed by atoms with Crippen molar-refractivity contribution in [3.05, 3.63) is 53.1 Å². The monoisotopic (exact) mass is 379 g/mol. The number of likely N-dealkylation sites (N-methyl/N-ethyl adjacent to an activating group) is 1. The zero-order chi connectivity index (χ0) is 19.5. The summed E-state index contributed by atoms with van der Waals surface area (Å²) in [5.41, 5.74) is 6.01. The summed E-state index contributed by atoms with van der Waals surface area (Å²) in [6.07, 6.45) is 3.47. The normalized spacial score (nSPS) is 16.7. The molecule has 1 saturated heterocycles. The van der Waals surface area contributed by atoms with Crippen molar-refractivity contribution in [2.45, 2.75) is 26.2 Å². The van der Waals surface area contributed by atoms with Crippen molar-refractivity contribution in [3.8, 4) is 5.75 Å².